The lowest BCUT2D eigenvalue weighted by Gasteiger charge is -2.37. The molecule has 0 unspecified atom stereocenters. The average Bonchev–Trinajstić information content (AvgIpc) is 2.94. The molecule has 4 rings (SSSR count). The summed E-state index contributed by atoms with van der Waals surface area (Å²) in [4.78, 5) is 14.6. The van der Waals surface area contributed by atoms with E-state index in [0.717, 1.165) is 43.9 Å². The number of nitrogens with zero attached hydrogens (tertiary/aromatic N) is 4. The Labute approximate surface area is 170 Å². The molecule has 0 radical (unpaired) electrons. The van der Waals surface area contributed by atoms with Gasteiger partial charge in [-0.15, -0.1) is 0 Å². The molecule has 2 saturated heterocycles. The van der Waals surface area contributed by atoms with Crippen molar-refractivity contribution < 1.29 is 0 Å². The topological polar surface area (TPSA) is 70.3 Å². The fourth-order valence-corrected chi connectivity index (χ4v) is 5.51. The highest BCUT2D eigenvalue weighted by molar-refractivity contribution is 5.43. The maximum absolute atomic E-state index is 6.00. The fraction of sp³-hybridized carbons (Fsp3) is 0.818. The first-order chi connectivity index (χ1) is 13.8. The van der Waals surface area contributed by atoms with Gasteiger partial charge in [-0.2, -0.15) is 4.98 Å². The van der Waals surface area contributed by atoms with Crippen molar-refractivity contribution >= 4 is 11.8 Å². The van der Waals surface area contributed by atoms with E-state index >= 15 is 0 Å². The standard InChI is InChI=1S/C22H38N6/c23-13-10-20-19(12-17-28(20)18-8-4-3-5-9-18)25-22-24-14-11-21(26-22)27-15-6-1-2-7-16-27/h11,14,18-20H,1-10,12-13,15-17,23H2,(H,24,25,26)/t19-,20-/m0/s1. The van der Waals surface area contributed by atoms with Crippen LogP contribution in [-0.2, 0) is 0 Å². The van der Waals surface area contributed by atoms with Crippen LogP contribution < -0.4 is 16.0 Å². The second kappa shape index (κ2) is 9.88. The number of hydrogen-bond donors (Lipinski definition) is 2. The summed E-state index contributed by atoms with van der Waals surface area (Å²) in [5, 5.41) is 3.69. The van der Waals surface area contributed by atoms with Gasteiger partial charge in [0.15, 0.2) is 0 Å². The molecule has 0 aromatic carbocycles. The molecular formula is C22H38N6. The zero-order valence-electron chi connectivity index (χ0n) is 17.4. The lowest BCUT2D eigenvalue weighted by molar-refractivity contribution is 0.135. The normalized spacial score (nSPS) is 27.7. The Morgan fingerprint density at radius 3 is 2.46 bits per heavy atom. The van der Waals surface area contributed by atoms with E-state index in [-0.39, 0.29) is 0 Å². The van der Waals surface area contributed by atoms with Gasteiger partial charge in [-0.25, -0.2) is 4.98 Å². The molecule has 3 fully saturated rings. The van der Waals surface area contributed by atoms with E-state index in [9.17, 15) is 0 Å². The Morgan fingerprint density at radius 2 is 1.71 bits per heavy atom. The summed E-state index contributed by atoms with van der Waals surface area (Å²) in [5.41, 5.74) is 6.00. The highest BCUT2D eigenvalue weighted by Gasteiger charge is 2.38. The second-order valence-electron chi connectivity index (χ2n) is 8.85. The van der Waals surface area contributed by atoms with Crippen LogP contribution in [0, 0.1) is 0 Å². The molecule has 6 heteroatoms. The van der Waals surface area contributed by atoms with E-state index in [4.69, 9.17) is 10.7 Å². The van der Waals surface area contributed by atoms with Crippen LogP contribution in [0.3, 0.4) is 0 Å². The van der Waals surface area contributed by atoms with E-state index in [2.05, 4.69) is 26.2 Å². The Hall–Kier alpha value is -1.40. The molecule has 28 heavy (non-hydrogen) atoms. The summed E-state index contributed by atoms with van der Waals surface area (Å²) >= 11 is 0. The van der Waals surface area contributed by atoms with Crippen molar-refractivity contribution in [1.82, 2.24) is 14.9 Å². The lowest BCUT2D eigenvalue weighted by Crippen LogP contribution is -2.46. The van der Waals surface area contributed by atoms with Crippen molar-refractivity contribution in [3.8, 4) is 0 Å². The minimum atomic E-state index is 0.407. The van der Waals surface area contributed by atoms with Crippen LogP contribution >= 0.6 is 0 Å². The highest BCUT2D eigenvalue weighted by Crippen LogP contribution is 2.32. The van der Waals surface area contributed by atoms with Crippen molar-refractivity contribution in [2.75, 3.05) is 36.4 Å². The van der Waals surface area contributed by atoms with Gasteiger partial charge in [0.25, 0.3) is 0 Å². The van der Waals surface area contributed by atoms with Crippen molar-refractivity contribution in [2.24, 2.45) is 5.73 Å². The average molecular weight is 387 g/mol. The monoisotopic (exact) mass is 386 g/mol. The molecule has 0 bridgehead atoms. The van der Waals surface area contributed by atoms with Gasteiger partial charge in [0.05, 0.1) is 0 Å². The first-order valence-corrected chi connectivity index (χ1v) is 11.7. The molecule has 0 spiro atoms. The second-order valence-corrected chi connectivity index (χ2v) is 8.85. The molecule has 1 aliphatic carbocycles. The molecule has 3 heterocycles. The first-order valence-electron chi connectivity index (χ1n) is 11.7. The van der Waals surface area contributed by atoms with Gasteiger partial charge in [-0.05, 0) is 51.1 Å². The van der Waals surface area contributed by atoms with E-state index in [1.807, 2.05) is 6.20 Å². The van der Waals surface area contributed by atoms with Crippen LogP contribution in [0.2, 0.25) is 0 Å². The van der Waals surface area contributed by atoms with E-state index in [0.29, 0.717) is 12.1 Å². The van der Waals surface area contributed by atoms with Crippen LogP contribution in [0.15, 0.2) is 12.3 Å². The fourth-order valence-electron chi connectivity index (χ4n) is 5.51. The summed E-state index contributed by atoms with van der Waals surface area (Å²) in [5.74, 6) is 1.87. The Kier molecular flexibility index (Phi) is 7.02. The summed E-state index contributed by atoms with van der Waals surface area (Å²) in [6.45, 7) is 4.16. The van der Waals surface area contributed by atoms with Gasteiger partial charge < -0.3 is 16.0 Å². The van der Waals surface area contributed by atoms with Crippen molar-refractivity contribution in [3.63, 3.8) is 0 Å². The smallest absolute Gasteiger partial charge is 0.224 e. The van der Waals surface area contributed by atoms with Crippen LogP contribution in [0.1, 0.15) is 70.6 Å². The predicted octanol–water partition coefficient (Wildman–Crippen LogP) is 3.39. The molecule has 3 N–H and O–H groups in total. The van der Waals surface area contributed by atoms with Gasteiger partial charge in [0, 0.05) is 44.0 Å². The summed E-state index contributed by atoms with van der Waals surface area (Å²) < 4.78 is 0. The van der Waals surface area contributed by atoms with Crippen LogP contribution in [0.5, 0.6) is 0 Å². The zero-order valence-corrected chi connectivity index (χ0v) is 17.4. The van der Waals surface area contributed by atoms with Gasteiger partial charge in [-0.3, -0.25) is 4.90 Å². The molecular weight excluding hydrogens is 348 g/mol. The molecule has 1 saturated carbocycles. The molecule has 1 aromatic rings. The number of nitrogens with one attached hydrogen (secondary N) is 1. The van der Waals surface area contributed by atoms with Crippen LogP contribution in [0.4, 0.5) is 11.8 Å². The molecule has 6 nitrogen and oxygen atoms in total. The number of likely N-dealkylation sites (tertiary alicyclic amines) is 1. The number of aromatic nitrogens is 2. The quantitative estimate of drug-likeness (QED) is 0.781. The van der Waals surface area contributed by atoms with Crippen LogP contribution in [0.25, 0.3) is 0 Å². The summed E-state index contributed by atoms with van der Waals surface area (Å²) in [6.07, 6.45) is 16.2. The minimum Gasteiger partial charge on any atom is -0.356 e. The summed E-state index contributed by atoms with van der Waals surface area (Å²) in [6, 6.07) is 3.74. The highest BCUT2D eigenvalue weighted by atomic mass is 15.3. The van der Waals surface area contributed by atoms with Crippen molar-refractivity contribution in [3.05, 3.63) is 12.3 Å². The van der Waals surface area contributed by atoms with E-state index in [1.165, 1.54) is 70.8 Å². The number of nitrogens with two attached hydrogens (primary N) is 1. The Balaban J connectivity index is 1.43. The first kappa shape index (κ1) is 19.9. The largest absolute Gasteiger partial charge is 0.356 e. The van der Waals surface area contributed by atoms with Crippen LogP contribution in [-0.4, -0.2) is 59.2 Å². The molecule has 156 valence electrons. The molecule has 2 aliphatic heterocycles. The maximum atomic E-state index is 6.00. The maximum Gasteiger partial charge on any atom is 0.224 e. The third-order valence-electron chi connectivity index (χ3n) is 6.98. The third-order valence-corrected chi connectivity index (χ3v) is 6.98. The number of hydrogen-bond acceptors (Lipinski definition) is 6. The number of rotatable bonds is 6. The van der Waals surface area contributed by atoms with Gasteiger partial charge in [0.1, 0.15) is 5.82 Å². The predicted molar refractivity (Wildman–Crippen MR) is 116 cm³/mol. The third kappa shape index (κ3) is 4.77. The lowest BCUT2D eigenvalue weighted by atomic mass is 9.93. The molecule has 3 aliphatic rings. The Morgan fingerprint density at radius 1 is 0.964 bits per heavy atom. The van der Waals surface area contributed by atoms with E-state index < -0.39 is 0 Å². The summed E-state index contributed by atoms with van der Waals surface area (Å²) in [7, 11) is 0. The zero-order chi connectivity index (χ0) is 19.2. The molecule has 1 aromatic heterocycles. The molecule has 2 atom stereocenters. The SMILES string of the molecule is NCC[C@H]1[C@@H](Nc2nccc(N3CCCCCC3)n2)CCN1C1CCCCC1. The Bertz CT molecular complexity index is 594. The number of anilines is 2. The minimum absolute atomic E-state index is 0.407. The van der Waals surface area contributed by atoms with Crippen molar-refractivity contribution in [1.29, 1.82) is 0 Å². The van der Waals surface area contributed by atoms with Crippen molar-refractivity contribution in [2.45, 2.75) is 88.8 Å². The molecule has 0 amide bonds. The van der Waals surface area contributed by atoms with Gasteiger partial charge >= 0.3 is 0 Å². The van der Waals surface area contributed by atoms with E-state index in [1.54, 1.807) is 0 Å². The van der Waals surface area contributed by atoms with Gasteiger partial charge in [-0.1, -0.05) is 32.1 Å². The van der Waals surface area contributed by atoms with Gasteiger partial charge in [0.2, 0.25) is 5.95 Å².